The second-order valence-corrected chi connectivity index (χ2v) is 9.98. The van der Waals surface area contributed by atoms with Crippen LogP contribution < -0.4 is 10.1 Å². The normalized spacial score (nSPS) is 13.9. The molecule has 36 heavy (non-hydrogen) atoms. The Hall–Kier alpha value is -3.88. The van der Waals surface area contributed by atoms with E-state index in [9.17, 15) is 5.11 Å². The number of benzene rings is 2. The molecule has 3 N–H and O–H groups in total. The van der Waals surface area contributed by atoms with Crippen molar-refractivity contribution in [3.63, 3.8) is 0 Å². The van der Waals surface area contributed by atoms with Crippen LogP contribution in [0.3, 0.4) is 0 Å². The van der Waals surface area contributed by atoms with Crippen molar-refractivity contribution in [2.75, 3.05) is 31.6 Å². The van der Waals surface area contributed by atoms with Crippen LogP contribution in [-0.2, 0) is 0 Å². The van der Waals surface area contributed by atoms with Crippen LogP contribution in [0.25, 0.3) is 32.0 Å². The van der Waals surface area contributed by atoms with Crippen molar-refractivity contribution < 1.29 is 9.84 Å². The van der Waals surface area contributed by atoms with E-state index >= 15 is 0 Å². The van der Waals surface area contributed by atoms with Crippen molar-refractivity contribution in [1.29, 1.82) is 0 Å². The van der Waals surface area contributed by atoms with Gasteiger partial charge in [-0.25, -0.2) is 4.98 Å². The van der Waals surface area contributed by atoms with Crippen LogP contribution in [-0.4, -0.2) is 51.2 Å². The number of rotatable bonds is 8. The Morgan fingerprint density at radius 2 is 1.81 bits per heavy atom. The van der Waals surface area contributed by atoms with Gasteiger partial charge in [0, 0.05) is 28.7 Å². The van der Waals surface area contributed by atoms with Crippen molar-refractivity contribution in [2.24, 2.45) is 0 Å². The smallest absolute Gasteiger partial charge is 0.229 e. The number of aromatic amines is 1. The molecule has 5 aromatic rings. The maximum absolute atomic E-state index is 9.85. The molecule has 1 aliphatic heterocycles. The van der Waals surface area contributed by atoms with Gasteiger partial charge in [-0.2, -0.15) is 4.98 Å². The average molecular weight is 498 g/mol. The molecule has 7 nitrogen and oxygen atoms in total. The van der Waals surface area contributed by atoms with E-state index in [-0.39, 0.29) is 5.75 Å². The quantitative estimate of drug-likeness (QED) is 0.234. The van der Waals surface area contributed by atoms with Crippen LogP contribution in [0.4, 0.5) is 11.6 Å². The number of ether oxygens (including phenoxy) is 1. The van der Waals surface area contributed by atoms with Crippen LogP contribution in [0.1, 0.15) is 12.8 Å². The molecule has 1 saturated heterocycles. The van der Waals surface area contributed by atoms with Gasteiger partial charge in [0.25, 0.3) is 0 Å². The summed E-state index contributed by atoms with van der Waals surface area (Å²) in [6, 6.07) is 21.3. The molecular weight excluding hydrogens is 470 g/mol. The van der Waals surface area contributed by atoms with Gasteiger partial charge < -0.3 is 20.1 Å². The molecule has 0 bridgehead atoms. The van der Waals surface area contributed by atoms with Gasteiger partial charge >= 0.3 is 0 Å². The highest BCUT2D eigenvalue weighted by Crippen LogP contribution is 2.37. The van der Waals surface area contributed by atoms with E-state index in [0.29, 0.717) is 12.6 Å². The predicted octanol–water partition coefficient (Wildman–Crippen LogP) is 6.28. The Labute approximate surface area is 213 Å². The summed E-state index contributed by atoms with van der Waals surface area (Å²) in [7, 11) is 0. The first kappa shape index (κ1) is 22.6. The number of fused-ring (bicyclic) bond motifs is 1. The number of hydrogen-bond donors (Lipinski definition) is 3. The van der Waals surface area contributed by atoms with Gasteiger partial charge in [-0.15, -0.1) is 11.3 Å². The topological polar surface area (TPSA) is 86.3 Å². The van der Waals surface area contributed by atoms with Gasteiger partial charge in [0.15, 0.2) is 0 Å². The molecule has 6 rings (SSSR count). The van der Waals surface area contributed by atoms with Crippen molar-refractivity contribution in [1.82, 2.24) is 19.9 Å². The molecule has 2 aromatic carbocycles. The fourth-order valence-corrected chi connectivity index (χ4v) is 5.53. The minimum atomic E-state index is 0.256. The molecule has 0 radical (unpaired) electrons. The van der Waals surface area contributed by atoms with Gasteiger partial charge in [0.05, 0.1) is 10.6 Å². The SMILES string of the molecule is Oc1cccc(-c2ccc(-c3nc(Nc4ccc(OCCN5CCCC5)cc4)nc4[nH]ccc34)s2)c1. The standard InChI is InChI=1S/C28H27N5O2S/c34-21-5-3-4-19(18-21)24-10-11-25(36-24)26-23-12-13-29-27(23)32-28(31-26)30-20-6-8-22(9-7-20)35-17-16-33-14-1-2-15-33/h3-13,18,34H,1-2,14-17H2,(H2,29,30,31,32). The number of H-pyrrole nitrogens is 1. The van der Waals surface area contributed by atoms with E-state index in [1.165, 1.54) is 25.9 Å². The minimum absolute atomic E-state index is 0.256. The molecule has 0 spiro atoms. The fourth-order valence-electron chi connectivity index (χ4n) is 4.53. The Kier molecular flexibility index (Phi) is 6.27. The number of phenolic OH excluding ortho intramolecular Hbond substituents is 1. The lowest BCUT2D eigenvalue weighted by atomic mass is 10.2. The molecule has 0 saturated carbocycles. The van der Waals surface area contributed by atoms with Crippen LogP contribution >= 0.6 is 11.3 Å². The van der Waals surface area contributed by atoms with E-state index in [1.807, 2.05) is 48.7 Å². The van der Waals surface area contributed by atoms with Crippen LogP contribution in [0.15, 0.2) is 72.9 Å². The summed E-state index contributed by atoms with van der Waals surface area (Å²) in [6.45, 7) is 4.04. The first-order chi connectivity index (χ1) is 17.7. The summed E-state index contributed by atoms with van der Waals surface area (Å²) in [6.07, 6.45) is 4.47. The predicted molar refractivity (Wildman–Crippen MR) is 145 cm³/mol. The fraction of sp³-hybridized carbons (Fsp3) is 0.214. The number of thiophene rings is 1. The third-order valence-electron chi connectivity index (χ3n) is 6.37. The van der Waals surface area contributed by atoms with E-state index < -0.39 is 0 Å². The Morgan fingerprint density at radius 3 is 2.64 bits per heavy atom. The van der Waals surface area contributed by atoms with Crippen molar-refractivity contribution in [2.45, 2.75) is 12.8 Å². The molecule has 4 heterocycles. The Balaban J connectivity index is 1.20. The van der Waals surface area contributed by atoms with E-state index in [1.54, 1.807) is 23.5 Å². The van der Waals surface area contributed by atoms with Crippen molar-refractivity contribution in [3.05, 3.63) is 72.9 Å². The molecule has 0 amide bonds. The van der Waals surface area contributed by atoms with E-state index in [0.717, 1.165) is 50.0 Å². The highest BCUT2D eigenvalue weighted by Gasteiger charge is 2.14. The largest absolute Gasteiger partial charge is 0.508 e. The summed E-state index contributed by atoms with van der Waals surface area (Å²) in [5.74, 6) is 1.64. The number of phenols is 1. The molecule has 182 valence electrons. The Morgan fingerprint density at radius 1 is 0.972 bits per heavy atom. The van der Waals surface area contributed by atoms with Gasteiger partial charge in [-0.05, 0) is 86.1 Å². The Bertz CT molecular complexity index is 1470. The summed E-state index contributed by atoms with van der Waals surface area (Å²) >= 11 is 1.64. The number of likely N-dealkylation sites (tertiary alicyclic amines) is 1. The van der Waals surface area contributed by atoms with E-state index in [4.69, 9.17) is 9.72 Å². The number of anilines is 2. The lowest BCUT2D eigenvalue weighted by Gasteiger charge is -2.15. The van der Waals surface area contributed by atoms with Crippen LogP contribution in [0.2, 0.25) is 0 Å². The third kappa shape index (κ3) is 4.91. The first-order valence-corrected chi connectivity index (χ1v) is 13.0. The molecule has 1 fully saturated rings. The lowest BCUT2D eigenvalue weighted by molar-refractivity contribution is 0.238. The third-order valence-corrected chi connectivity index (χ3v) is 7.51. The summed E-state index contributed by atoms with van der Waals surface area (Å²) in [4.78, 5) is 17.3. The number of aromatic nitrogens is 3. The van der Waals surface area contributed by atoms with E-state index in [2.05, 4.69) is 32.3 Å². The zero-order chi connectivity index (χ0) is 24.3. The number of hydrogen-bond acceptors (Lipinski definition) is 7. The zero-order valence-electron chi connectivity index (χ0n) is 19.8. The monoisotopic (exact) mass is 497 g/mol. The van der Waals surface area contributed by atoms with Crippen molar-refractivity contribution in [3.8, 4) is 32.5 Å². The number of nitrogens with zero attached hydrogens (tertiary/aromatic N) is 3. The van der Waals surface area contributed by atoms with Gasteiger partial charge in [0.2, 0.25) is 5.95 Å². The van der Waals surface area contributed by atoms with Crippen LogP contribution in [0, 0.1) is 0 Å². The highest BCUT2D eigenvalue weighted by molar-refractivity contribution is 7.18. The first-order valence-electron chi connectivity index (χ1n) is 12.2. The van der Waals surface area contributed by atoms with Gasteiger partial charge in [0.1, 0.15) is 23.8 Å². The zero-order valence-corrected chi connectivity index (χ0v) is 20.6. The summed E-state index contributed by atoms with van der Waals surface area (Å²) < 4.78 is 5.92. The average Bonchev–Trinajstić information content (AvgIpc) is 3.67. The highest BCUT2D eigenvalue weighted by atomic mass is 32.1. The molecule has 3 aromatic heterocycles. The maximum Gasteiger partial charge on any atom is 0.229 e. The molecule has 0 unspecified atom stereocenters. The number of nitrogens with one attached hydrogen (secondary N) is 2. The lowest BCUT2D eigenvalue weighted by Crippen LogP contribution is -2.25. The maximum atomic E-state index is 9.85. The second-order valence-electron chi connectivity index (χ2n) is 8.90. The van der Waals surface area contributed by atoms with Crippen molar-refractivity contribution >= 4 is 34.0 Å². The molecule has 0 atom stereocenters. The van der Waals surface area contributed by atoms with Gasteiger partial charge in [-0.1, -0.05) is 12.1 Å². The molecule has 8 heteroatoms. The molecular formula is C28H27N5O2S. The second kappa shape index (κ2) is 10.0. The molecule has 1 aliphatic rings. The summed E-state index contributed by atoms with van der Waals surface area (Å²) in [5, 5.41) is 14.2. The van der Waals surface area contributed by atoms with Gasteiger partial charge in [-0.3, -0.25) is 4.90 Å². The molecule has 0 aliphatic carbocycles. The summed E-state index contributed by atoms with van der Waals surface area (Å²) in [5.41, 5.74) is 3.51. The number of aromatic hydroxyl groups is 1. The van der Waals surface area contributed by atoms with Crippen LogP contribution in [0.5, 0.6) is 11.5 Å². The minimum Gasteiger partial charge on any atom is -0.508 e.